The van der Waals surface area contributed by atoms with Crippen LogP contribution in [0.4, 0.5) is 5.88 Å². The summed E-state index contributed by atoms with van der Waals surface area (Å²) in [5.74, 6) is 0.0589. The third kappa shape index (κ3) is 1.82. The molecule has 0 fully saturated rings. The highest BCUT2D eigenvalue weighted by Gasteiger charge is 2.09. The van der Waals surface area contributed by atoms with Crippen molar-refractivity contribution in [1.82, 2.24) is 5.43 Å². The molecule has 0 aliphatic rings. The van der Waals surface area contributed by atoms with E-state index in [0.717, 1.165) is 0 Å². The molecular weight excluding hydrogens is 162 g/mol. The van der Waals surface area contributed by atoms with E-state index in [0.29, 0.717) is 5.76 Å². The van der Waals surface area contributed by atoms with Crippen LogP contribution in [-0.4, -0.2) is 18.2 Å². The van der Waals surface area contributed by atoms with E-state index < -0.39 is 4.92 Å². The quantitative estimate of drug-likeness (QED) is 0.411. The van der Waals surface area contributed by atoms with E-state index in [9.17, 15) is 10.1 Å². The van der Waals surface area contributed by atoms with Crippen LogP contribution in [-0.2, 0) is 0 Å². The SMILES string of the molecule is CN/N=C/c1ccc([N+](=O)[O-])o1. The standard InChI is InChI=1S/C6H7N3O3/c1-7-8-4-5-2-3-6(12-5)9(10)11/h2-4,7H,1H3/b8-4+. The molecule has 0 aliphatic carbocycles. The van der Waals surface area contributed by atoms with Crippen LogP contribution >= 0.6 is 0 Å². The molecule has 0 saturated heterocycles. The molecule has 0 radical (unpaired) electrons. The number of nitrogens with zero attached hydrogens (tertiary/aromatic N) is 2. The highest BCUT2D eigenvalue weighted by Crippen LogP contribution is 2.13. The Bertz CT molecular complexity index is 305. The van der Waals surface area contributed by atoms with Gasteiger partial charge in [0.05, 0.1) is 12.3 Å². The Morgan fingerprint density at radius 3 is 3.00 bits per heavy atom. The molecule has 1 heterocycles. The molecule has 1 N–H and O–H groups in total. The van der Waals surface area contributed by atoms with E-state index in [1.54, 1.807) is 7.05 Å². The maximum atomic E-state index is 10.1. The number of hydrogen-bond acceptors (Lipinski definition) is 5. The number of hydrazone groups is 1. The van der Waals surface area contributed by atoms with Crippen LogP contribution in [0.15, 0.2) is 21.7 Å². The number of furan rings is 1. The molecule has 1 aromatic heterocycles. The number of nitro groups is 1. The molecule has 0 saturated carbocycles. The molecule has 64 valence electrons. The van der Waals surface area contributed by atoms with Gasteiger partial charge in [0.2, 0.25) is 0 Å². The zero-order valence-corrected chi connectivity index (χ0v) is 6.35. The maximum absolute atomic E-state index is 10.1. The van der Waals surface area contributed by atoms with Crippen LogP contribution in [0.1, 0.15) is 5.76 Å². The summed E-state index contributed by atoms with van der Waals surface area (Å²) in [5.41, 5.74) is 2.49. The lowest BCUT2D eigenvalue weighted by Gasteiger charge is -1.84. The molecule has 0 bridgehead atoms. The minimum atomic E-state index is -0.600. The maximum Gasteiger partial charge on any atom is 0.433 e. The van der Waals surface area contributed by atoms with Crippen molar-refractivity contribution in [1.29, 1.82) is 0 Å². The molecule has 6 nitrogen and oxygen atoms in total. The zero-order valence-electron chi connectivity index (χ0n) is 6.35. The van der Waals surface area contributed by atoms with E-state index in [2.05, 4.69) is 10.5 Å². The minimum Gasteiger partial charge on any atom is -0.400 e. The number of nitrogens with one attached hydrogen (secondary N) is 1. The van der Waals surface area contributed by atoms with Gasteiger partial charge in [0.15, 0.2) is 5.76 Å². The fourth-order valence-electron chi connectivity index (χ4n) is 0.638. The van der Waals surface area contributed by atoms with E-state index in [1.165, 1.54) is 18.3 Å². The molecule has 1 rings (SSSR count). The Kier molecular flexibility index (Phi) is 2.42. The van der Waals surface area contributed by atoms with Gasteiger partial charge < -0.3 is 9.84 Å². The van der Waals surface area contributed by atoms with Crippen molar-refractivity contribution in [2.75, 3.05) is 7.05 Å². The average molecular weight is 169 g/mol. The molecule has 0 spiro atoms. The Hall–Kier alpha value is -1.85. The summed E-state index contributed by atoms with van der Waals surface area (Å²) in [6.07, 6.45) is 1.35. The van der Waals surface area contributed by atoms with Crippen molar-refractivity contribution in [3.63, 3.8) is 0 Å². The second-order valence-corrected chi connectivity index (χ2v) is 1.91. The fourth-order valence-corrected chi connectivity index (χ4v) is 0.638. The van der Waals surface area contributed by atoms with Crippen molar-refractivity contribution in [3.05, 3.63) is 28.0 Å². The third-order valence-electron chi connectivity index (χ3n) is 1.11. The lowest BCUT2D eigenvalue weighted by atomic mass is 10.5. The van der Waals surface area contributed by atoms with Crippen molar-refractivity contribution < 1.29 is 9.34 Å². The molecule has 6 heteroatoms. The second-order valence-electron chi connectivity index (χ2n) is 1.91. The van der Waals surface area contributed by atoms with Crippen LogP contribution in [0.2, 0.25) is 0 Å². The van der Waals surface area contributed by atoms with Crippen molar-refractivity contribution in [3.8, 4) is 0 Å². The van der Waals surface area contributed by atoms with Crippen molar-refractivity contribution in [2.24, 2.45) is 5.10 Å². The first-order valence-corrected chi connectivity index (χ1v) is 3.18. The van der Waals surface area contributed by atoms with E-state index in [1.807, 2.05) is 0 Å². The molecule has 0 unspecified atom stereocenters. The monoisotopic (exact) mass is 169 g/mol. The summed E-state index contributed by atoms with van der Waals surface area (Å²) in [4.78, 5) is 9.54. The predicted molar refractivity (Wildman–Crippen MR) is 42.0 cm³/mol. The lowest BCUT2D eigenvalue weighted by Crippen LogP contribution is -1.93. The van der Waals surface area contributed by atoms with E-state index >= 15 is 0 Å². The van der Waals surface area contributed by atoms with Gasteiger partial charge in [0.1, 0.15) is 4.92 Å². The summed E-state index contributed by atoms with van der Waals surface area (Å²) in [6.45, 7) is 0. The van der Waals surface area contributed by atoms with Gasteiger partial charge >= 0.3 is 5.88 Å². The molecular formula is C6H7N3O3. The highest BCUT2D eigenvalue weighted by molar-refractivity contribution is 5.75. The van der Waals surface area contributed by atoms with Gasteiger partial charge in [0.25, 0.3) is 0 Å². The number of hydrogen-bond donors (Lipinski definition) is 1. The molecule has 12 heavy (non-hydrogen) atoms. The van der Waals surface area contributed by atoms with Gasteiger partial charge in [-0.1, -0.05) is 0 Å². The Morgan fingerprint density at radius 2 is 2.50 bits per heavy atom. The molecule has 0 aromatic carbocycles. The van der Waals surface area contributed by atoms with Crippen LogP contribution in [0.3, 0.4) is 0 Å². The van der Waals surface area contributed by atoms with Gasteiger partial charge in [-0.2, -0.15) is 5.10 Å². The summed E-state index contributed by atoms with van der Waals surface area (Å²) < 4.78 is 4.76. The second kappa shape index (κ2) is 3.51. The van der Waals surface area contributed by atoms with Crippen molar-refractivity contribution in [2.45, 2.75) is 0 Å². The van der Waals surface area contributed by atoms with Gasteiger partial charge in [-0.3, -0.25) is 10.1 Å². The van der Waals surface area contributed by atoms with E-state index in [4.69, 9.17) is 4.42 Å². The summed E-state index contributed by atoms with van der Waals surface area (Å²) in [5, 5.41) is 13.8. The average Bonchev–Trinajstić information content (AvgIpc) is 2.48. The first-order chi connectivity index (χ1) is 5.74. The van der Waals surface area contributed by atoms with Gasteiger partial charge in [-0.15, -0.1) is 0 Å². The van der Waals surface area contributed by atoms with Crippen LogP contribution in [0, 0.1) is 10.1 Å². The van der Waals surface area contributed by atoms with Crippen LogP contribution in [0.25, 0.3) is 0 Å². The topological polar surface area (TPSA) is 80.7 Å². The third-order valence-corrected chi connectivity index (χ3v) is 1.11. The highest BCUT2D eigenvalue weighted by atomic mass is 16.6. The van der Waals surface area contributed by atoms with E-state index in [-0.39, 0.29) is 5.88 Å². The largest absolute Gasteiger partial charge is 0.433 e. The fraction of sp³-hybridized carbons (Fsp3) is 0.167. The van der Waals surface area contributed by atoms with Crippen molar-refractivity contribution >= 4 is 12.1 Å². The molecule has 0 atom stereocenters. The summed E-state index contributed by atoms with van der Waals surface area (Å²) in [6, 6.07) is 2.75. The summed E-state index contributed by atoms with van der Waals surface area (Å²) in [7, 11) is 1.62. The summed E-state index contributed by atoms with van der Waals surface area (Å²) >= 11 is 0. The first-order valence-electron chi connectivity index (χ1n) is 3.18. The number of rotatable bonds is 3. The molecule has 1 aromatic rings. The van der Waals surface area contributed by atoms with Gasteiger partial charge in [0, 0.05) is 7.05 Å². The van der Waals surface area contributed by atoms with Gasteiger partial charge in [-0.05, 0) is 6.07 Å². The van der Waals surface area contributed by atoms with Crippen LogP contribution < -0.4 is 5.43 Å². The lowest BCUT2D eigenvalue weighted by molar-refractivity contribution is -0.402. The smallest absolute Gasteiger partial charge is 0.400 e. The molecule has 0 aliphatic heterocycles. The Labute approximate surface area is 68.0 Å². The minimum absolute atomic E-state index is 0.285. The Balaban J connectivity index is 2.77. The van der Waals surface area contributed by atoms with Crippen LogP contribution in [0.5, 0.6) is 0 Å². The van der Waals surface area contributed by atoms with Gasteiger partial charge in [-0.25, -0.2) is 0 Å². The normalized spacial score (nSPS) is 10.4. The zero-order chi connectivity index (χ0) is 8.97. The first kappa shape index (κ1) is 8.25. The predicted octanol–water partition coefficient (Wildman–Crippen LogP) is 0.741. The Morgan fingerprint density at radius 1 is 1.75 bits per heavy atom. The molecule has 0 amide bonds.